The maximum atomic E-state index is 15.4. The van der Waals surface area contributed by atoms with Crippen molar-refractivity contribution >= 4 is 29.1 Å². The Morgan fingerprint density at radius 1 is 1.20 bits per heavy atom. The van der Waals surface area contributed by atoms with Gasteiger partial charge in [0.15, 0.2) is 0 Å². The van der Waals surface area contributed by atoms with Crippen LogP contribution in [0.4, 0.5) is 10.1 Å². The van der Waals surface area contributed by atoms with E-state index < -0.39 is 11.2 Å². The Hall–Kier alpha value is -3.49. The van der Waals surface area contributed by atoms with Crippen LogP contribution >= 0.6 is 11.6 Å². The number of fused-ring (bicyclic) bond motifs is 1. The Kier molecular flexibility index (Phi) is 8.34. The third kappa shape index (κ3) is 5.95. The number of aliphatic hydroxyl groups excluding tert-OH is 1. The molecule has 7 nitrogen and oxygen atoms in total. The zero-order valence-corrected chi connectivity index (χ0v) is 24.3. The Labute approximate surface area is 244 Å². The van der Waals surface area contributed by atoms with Crippen LogP contribution in [-0.4, -0.2) is 58.6 Å². The lowest BCUT2D eigenvalue weighted by atomic mass is 9.81. The molecular weight excluding hydrogens is 545 g/mol. The lowest BCUT2D eigenvalue weighted by Crippen LogP contribution is -2.55. The topological polar surface area (TPSA) is 83.0 Å². The van der Waals surface area contributed by atoms with E-state index >= 15 is 4.39 Å². The molecule has 216 valence electrons. The number of carbonyl (C=O) groups excluding carboxylic acids is 2. The van der Waals surface area contributed by atoms with Crippen molar-refractivity contribution in [3.05, 3.63) is 76.8 Å². The number of anilines is 1. The normalized spacial score (nSPS) is 17.8. The second-order valence-electron chi connectivity index (χ2n) is 11.5. The van der Waals surface area contributed by atoms with Crippen LogP contribution in [0.15, 0.2) is 54.7 Å². The van der Waals surface area contributed by atoms with Crippen LogP contribution in [0.25, 0.3) is 11.1 Å². The molecule has 5 rings (SSSR count). The summed E-state index contributed by atoms with van der Waals surface area (Å²) in [6.07, 6.45) is 3.55. The van der Waals surface area contributed by atoms with Gasteiger partial charge in [0.2, 0.25) is 5.91 Å². The van der Waals surface area contributed by atoms with Crippen molar-refractivity contribution in [1.29, 1.82) is 0 Å². The quantitative estimate of drug-likeness (QED) is 0.376. The van der Waals surface area contributed by atoms with Crippen molar-refractivity contribution in [2.45, 2.75) is 58.6 Å². The second kappa shape index (κ2) is 11.8. The van der Waals surface area contributed by atoms with E-state index in [-0.39, 0.29) is 36.1 Å². The lowest BCUT2D eigenvalue weighted by molar-refractivity contribution is -0.127. The Bertz CT molecular complexity index is 1450. The van der Waals surface area contributed by atoms with Gasteiger partial charge in [-0.1, -0.05) is 49.7 Å². The summed E-state index contributed by atoms with van der Waals surface area (Å²) in [6, 6.07) is 13.6. The van der Waals surface area contributed by atoms with Crippen LogP contribution in [-0.2, 0) is 11.2 Å². The number of aromatic nitrogens is 1. The maximum absolute atomic E-state index is 15.4. The molecule has 1 atom stereocenters. The average Bonchev–Trinajstić information content (AvgIpc) is 2.94. The summed E-state index contributed by atoms with van der Waals surface area (Å²) in [4.78, 5) is 34.8. The van der Waals surface area contributed by atoms with Crippen LogP contribution in [0.3, 0.4) is 0 Å². The van der Waals surface area contributed by atoms with Crippen molar-refractivity contribution in [3.8, 4) is 16.9 Å². The SMILES string of the molecule is C[C@H](CCO)Oc1ccccc1-c1ccc(C(=O)N2CCC(N3C(=O)C(C)(C)Cc4ncc(Cl)cc43)CC2)c(F)c1. The summed E-state index contributed by atoms with van der Waals surface area (Å²) in [7, 11) is 0. The smallest absolute Gasteiger partial charge is 0.256 e. The van der Waals surface area contributed by atoms with E-state index in [9.17, 15) is 14.7 Å². The number of piperidine rings is 1. The first-order valence-electron chi connectivity index (χ1n) is 14.0. The highest BCUT2D eigenvalue weighted by atomic mass is 35.5. The largest absolute Gasteiger partial charge is 0.490 e. The van der Waals surface area contributed by atoms with Gasteiger partial charge in [0.25, 0.3) is 5.91 Å². The number of ether oxygens (including phenoxy) is 1. The fourth-order valence-corrected chi connectivity index (χ4v) is 5.86. The molecule has 0 aliphatic carbocycles. The number of aliphatic hydroxyl groups is 1. The lowest BCUT2D eigenvalue weighted by Gasteiger charge is -2.45. The number of amides is 2. The monoisotopic (exact) mass is 579 g/mol. The Balaban J connectivity index is 1.30. The Morgan fingerprint density at radius 2 is 1.93 bits per heavy atom. The number of hydrogen-bond acceptors (Lipinski definition) is 5. The minimum Gasteiger partial charge on any atom is -0.490 e. The van der Waals surface area contributed by atoms with Crippen molar-refractivity contribution in [1.82, 2.24) is 9.88 Å². The van der Waals surface area contributed by atoms with Gasteiger partial charge in [-0.05, 0) is 49.6 Å². The molecule has 1 aromatic heterocycles. The van der Waals surface area contributed by atoms with Gasteiger partial charge in [-0.25, -0.2) is 4.39 Å². The molecular formula is C32H35ClFN3O4. The van der Waals surface area contributed by atoms with Crippen LogP contribution < -0.4 is 9.64 Å². The van der Waals surface area contributed by atoms with Gasteiger partial charge in [0.1, 0.15) is 11.6 Å². The van der Waals surface area contributed by atoms with Gasteiger partial charge < -0.3 is 19.6 Å². The molecule has 1 fully saturated rings. The van der Waals surface area contributed by atoms with E-state index in [1.165, 1.54) is 12.1 Å². The summed E-state index contributed by atoms with van der Waals surface area (Å²) in [5.41, 5.74) is 2.31. The number of halogens is 2. The third-order valence-electron chi connectivity index (χ3n) is 7.96. The highest BCUT2D eigenvalue weighted by Crippen LogP contribution is 2.40. The summed E-state index contributed by atoms with van der Waals surface area (Å²) < 4.78 is 21.3. The predicted octanol–water partition coefficient (Wildman–Crippen LogP) is 5.91. The fourth-order valence-electron chi connectivity index (χ4n) is 5.71. The second-order valence-corrected chi connectivity index (χ2v) is 11.9. The maximum Gasteiger partial charge on any atom is 0.256 e. The zero-order valence-electron chi connectivity index (χ0n) is 23.6. The number of carbonyl (C=O) groups is 2. The number of hydrogen-bond donors (Lipinski definition) is 1. The highest BCUT2D eigenvalue weighted by molar-refractivity contribution is 6.30. The standard InChI is InChI=1S/C32H35ClFN3O4/c1-20(12-15-38)41-29-7-5-4-6-24(29)21-8-9-25(26(34)16-21)30(39)36-13-10-23(11-14-36)37-28-17-22(33)19-35-27(28)18-32(2,3)31(37)40/h4-9,16-17,19-20,23,38H,10-15,18H2,1-3H3/t20-/m1/s1. The van der Waals surface area contributed by atoms with Gasteiger partial charge in [0, 0.05) is 55.8 Å². The number of pyridine rings is 1. The molecule has 1 saturated heterocycles. The molecule has 2 aromatic carbocycles. The molecule has 0 unspecified atom stereocenters. The van der Waals surface area contributed by atoms with Crippen molar-refractivity contribution < 1.29 is 23.8 Å². The minimum atomic E-state index is -0.601. The van der Waals surface area contributed by atoms with Crippen LogP contribution in [0.2, 0.25) is 5.02 Å². The summed E-state index contributed by atoms with van der Waals surface area (Å²) in [5, 5.41) is 9.67. The molecule has 2 aliphatic heterocycles. The summed E-state index contributed by atoms with van der Waals surface area (Å²) >= 11 is 6.24. The van der Waals surface area contributed by atoms with Crippen LogP contribution in [0.1, 0.15) is 56.1 Å². The van der Waals surface area contributed by atoms with Gasteiger partial charge in [0.05, 0.1) is 28.1 Å². The zero-order chi connectivity index (χ0) is 29.3. The predicted molar refractivity (Wildman–Crippen MR) is 157 cm³/mol. The van der Waals surface area contributed by atoms with Crippen molar-refractivity contribution in [3.63, 3.8) is 0 Å². The number of para-hydroxylation sites is 1. The van der Waals surface area contributed by atoms with E-state index in [0.717, 1.165) is 11.4 Å². The van der Waals surface area contributed by atoms with Gasteiger partial charge in [-0.2, -0.15) is 0 Å². The molecule has 0 spiro atoms. The molecule has 2 amide bonds. The van der Waals surface area contributed by atoms with E-state index in [2.05, 4.69) is 4.98 Å². The molecule has 3 aromatic rings. The van der Waals surface area contributed by atoms with E-state index in [0.29, 0.717) is 60.7 Å². The van der Waals surface area contributed by atoms with Crippen LogP contribution in [0, 0.1) is 11.2 Å². The number of likely N-dealkylation sites (tertiary alicyclic amines) is 1. The molecule has 0 radical (unpaired) electrons. The molecule has 2 aliphatic rings. The van der Waals surface area contributed by atoms with E-state index in [4.69, 9.17) is 16.3 Å². The first kappa shape index (κ1) is 29.0. The van der Waals surface area contributed by atoms with Crippen LogP contribution in [0.5, 0.6) is 5.75 Å². The van der Waals surface area contributed by atoms with Gasteiger partial charge >= 0.3 is 0 Å². The molecule has 41 heavy (non-hydrogen) atoms. The van der Waals surface area contributed by atoms with Crippen molar-refractivity contribution in [2.75, 3.05) is 24.6 Å². The number of nitrogens with zero attached hydrogens (tertiary/aromatic N) is 3. The molecule has 0 saturated carbocycles. The van der Waals surface area contributed by atoms with Gasteiger partial charge in [-0.15, -0.1) is 0 Å². The summed E-state index contributed by atoms with van der Waals surface area (Å²) in [5.74, 6) is -0.363. The first-order chi connectivity index (χ1) is 19.6. The van der Waals surface area contributed by atoms with Crippen molar-refractivity contribution in [2.24, 2.45) is 5.41 Å². The number of benzene rings is 2. The first-order valence-corrected chi connectivity index (χ1v) is 14.4. The highest BCUT2D eigenvalue weighted by Gasteiger charge is 2.43. The molecule has 0 bridgehead atoms. The third-order valence-corrected chi connectivity index (χ3v) is 8.17. The molecule has 1 N–H and O–H groups in total. The molecule has 3 heterocycles. The van der Waals surface area contributed by atoms with E-state index in [1.807, 2.05) is 43.9 Å². The average molecular weight is 580 g/mol. The fraction of sp³-hybridized carbons (Fsp3) is 0.406. The minimum absolute atomic E-state index is 0.00996. The Morgan fingerprint density at radius 3 is 2.63 bits per heavy atom. The van der Waals surface area contributed by atoms with Gasteiger partial charge in [-0.3, -0.25) is 14.6 Å². The molecule has 9 heteroatoms. The summed E-state index contributed by atoms with van der Waals surface area (Å²) in [6.45, 7) is 6.53. The van der Waals surface area contributed by atoms with E-state index in [1.54, 1.807) is 29.3 Å². The number of rotatable bonds is 7.